The van der Waals surface area contributed by atoms with Crippen LogP contribution < -0.4 is 0 Å². The van der Waals surface area contributed by atoms with Gasteiger partial charge in [-0.1, -0.05) is 19.1 Å². The van der Waals surface area contributed by atoms with Gasteiger partial charge in [0.15, 0.2) is 0 Å². The largest absolute Gasteiger partial charge is 0.465 e. The van der Waals surface area contributed by atoms with Gasteiger partial charge in [0.05, 0.1) is 12.7 Å². The van der Waals surface area contributed by atoms with Crippen molar-refractivity contribution in [1.29, 1.82) is 0 Å². The molecular formula is C12H14O3. The lowest BCUT2D eigenvalue weighted by atomic mass is 9.97. The van der Waals surface area contributed by atoms with Gasteiger partial charge in [0.2, 0.25) is 0 Å². The minimum atomic E-state index is -0.343. The van der Waals surface area contributed by atoms with Crippen LogP contribution in [-0.2, 0) is 9.53 Å². The van der Waals surface area contributed by atoms with Crippen molar-refractivity contribution in [1.82, 2.24) is 0 Å². The first-order valence-corrected chi connectivity index (χ1v) is 4.81. The summed E-state index contributed by atoms with van der Waals surface area (Å²) in [5.74, 6) is -0.154. The van der Waals surface area contributed by atoms with Crippen LogP contribution in [0, 0.1) is 0 Å². The molecule has 0 aliphatic rings. The summed E-state index contributed by atoms with van der Waals surface area (Å²) in [7, 11) is 1.35. The summed E-state index contributed by atoms with van der Waals surface area (Å²) in [6.45, 7) is 1.97. The number of carbonyl (C=O) groups excluding carboxylic acids is 2. The maximum Gasteiger partial charge on any atom is 0.337 e. The molecule has 1 atom stereocenters. The fourth-order valence-electron chi connectivity index (χ4n) is 1.35. The number of aldehydes is 1. The highest BCUT2D eigenvalue weighted by molar-refractivity contribution is 5.89. The standard InChI is InChI=1S/C12H14O3/c1-9(7-8-13)10-3-5-11(6-4-10)12(14)15-2/h3-6,8-9H,7H2,1-2H3/t9-/m1/s1. The Morgan fingerprint density at radius 3 is 2.47 bits per heavy atom. The van der Waals surface area contributed by atoms with Crippen molar-refractivity contribution in [2.45, 2.75) is 19.3 Å². The number of hydrogen-bond acceptors (Lipinski definition) is 3. The van der Waals surface area contributed by atoms with E-state index in [1.807, 2.05) is 19.1 Å². The first-order chi connectivity index (χ1) is 7.19. The number of carbonyl (C=O) groups is 2. The molecule has 1 rings (SSSR count). The molecule has 0 amide bonds. The van der Waals surface area contributed by atoms with Crippen molar-refractivity contribution in [2.75, 3.05) is 7.11 Å². The van der Waals surface area contributed by atoms with Crippen molar-refractivity contribution in [2.24, 2.45) is 0 Å². The van der Waals surface area contributed by atoms with Gasteiger partial charge in [-0.25, -0.2) is 4.79 Å². The number of benzene rings is 1. The third kappa shape index (κ3) is 2.91. The average Bonchev–Trinajstić information content (AvgIpc) is 2.28. The molecule has 0 spiro atoms. The Labute approximate surface area is 89.1 Å². The highest BCUT2D eigenvalue weighted by Crippen LogP contribution is 2.18. The lowest BCUT2D eigenvalue weighted by Crippen LogP contribution is -2.01. The van der Waals surface area contributed by atoms with Crippen LogP contribution in [0.25, 0.3) is 0 Å². The SMILES string of the molecule is COC(=O)c1ccc([C@H](C)CC=O)cc1. The second-order valence-electron chi connectivity index (χ2n) is 3.42. The monoisotopic (exact) mass is 206 g/mol. The molecule has 0 heterocycles. The summed E-state index contributed by atoms with van der Waals surface area (Å²) in [6.07, 6.45) is 1.40. The van der Waals surface area contributed by atoms with Gasteiger partial charge in [0.1, 0.15) is 6.29 Å². The Morgan fingerprint density at radius 1 is 1.40 bits per heavy atom. The van der Waals surface area contributed by atoms with Gasteiger partial charge in [-0.2, -0.15) is 0 Å². The zero-order chi connectivity index (χ0) is 11.3. The van der Waals surface area contributed by atoms with Crippen LogP contribution in [0.3, 0.4) is 0 Å². The second kappa shape index (κ2) is 5.29. The Balaban J connectivity index is 2.80. The van der Waals surface area contributed by atoms with E-state index in [-0.39, 0.29) is 11.9 Å². The molecule has 3 nitrogen and oxygen atoms in total. The lowest BCUT2D eigenvalue weighted by molar-refractivity contribution is -0.108. The first kappa shape index (κ1) is 11.4. The van der Waals surface area contributed by atoms with Crippen LogP contribution in [0.15, 0.2) is 24.3 Å². The first-order valence-electron chi connectivity index (χ1n) is 4.81. The molecule has 3 heteroatoms. The number of hydrogen-bond donors (Lipinski definition) is 0. The molecule has 0 fully saturated rings. The Hall–Kier alpha value is -1.64. The van der Waals surface area contributed by atoms with Crippen LogP contribution in [-0.4, -0.2) is 19.4 Å². The van der Waals surface area contributed by atoms with E-state index in [1.165, 1.54) is 7.11 Å². The molecule has 0 radical (unpaired) electrons. The van der Waals surface area contributed by atoms with E-state index in [1.54, 1.807) is 12.1 Å². The molecular weight excluding hydrogens is 192 g/mol. The van der Waals surface area contributed by atoms with Gasteiger partial charge in [-0.3, -0.25) is 0 Å². The molecule has 1 aromatic rings. The molecule has 0 aliphatic heterocycles. The highest BCUT2D eigenvalue weighted by atomic mass is 16.5. The van der Waals surface area contributed by atoms with Crippen LogP contribution in [0.2, 0.25) is 0 Å². The molecule has 0 saturated carbocycles. The molecule has 0 N–H and O–H groups in total. The van der Waals surface area contributed by atoms with Gasteiger partial charge < -0.3 is 9.53 Å². The van der Waals surface area contributed by atoms with E-state index in [0.29, 0.717) is 12.0 Å². The van der Waals surface area contributed by atoms with Crippen molar-refractivity contribution < 1.29 is 14.3 Å². The average molecular weight is 206 g/mol. The number of methoxy groups -OCH3 is 1. The fourth-order valence-corrected chi connectivity index (χ4v) is 1.35. The summed E-state index contributed by atoms with van der Waals surface area (Å²) in [6, 6.07) is 7.12. The van der Waals surface area contributed by atoms with Gasteiger partial charge in [-0.05, 0) is 23.6 Å². The Morgan fingerprint density at radius 2 is 2.00 bits per heavy atom. The third-order valence-electron chi connectivity index (χ3n) is 2.35. The van der Waals surface area contributed by atoms with E-state index in [9.17, 15) is 9.59 Å². The van der Waals surface area contributed by atoms with Gasteiger partial charge >= 0.3 is 5.97 Å². The van der Waals surface area contributed by atoms with Crippen LogP contribution in [0.5, 0.6) is 0 Å². The summed E-state index contributed by atoms with van der Waals surface area (Å²) in [4.78, 5) is 21.5. The van der Waals surface area contributed by atoms with E-state index >= 15 is 0 Å². The van der Waals surface area contributed by atoms with Gasteiger partial charge in [-0.15, -0.1) is 0 Å². The maximum atomic E-state index is 11.1. The van der Waals surface area contributed by atoms with Crippen molar-refractivity contribution in [3.63, 3.8) is 0 Å². The summed E-state index contributed by atoms with van der Waals surface area (Å²) < 4.78 is 4.59. The second-order valence-corrected chi connectivity index (χ2v) is 3.42. The predicted octanol–water partition coefficient (Wildman–Crippen LogP) is 2.17. The summed E-state index contributed by atoms with van der Waals surface area (Å²) in [5, 5.41) is 0. The summed E-state index contributed by atoms with van der Waals surface area (Å²) in [5.41, 5.74) is 1.58. The summed E-state index contributed by atoms with van der Waals surface area (Å²) >= 11 is 0. The van der Waals surface area contributed by atoms with Crippen molar-refractivity contribution in [3.05, 3.63) is 35.4 Å². The Kier molecular flexibility index (Phi) is 4.03. The topological polar surface area (TPSA) is 43.4 Å². The fraction of sp³-hybridized carbons (Fsp3) is 0.333. The van der Waals surface area contributed by atoms with E-state index < -0.39 is 0 Å². The normalized spacial score (nSPS) is 11.9. The molecule has 0 saturated heterocycles. The molecule has 80 valence electrons. The molecule has 0 unspecified atom stereocenters. The van der Waals surface area contributed by atoms with Gasteiger partial charge in [0, 0.05) is 6.42 Å². The van der Waals surface area contributed by atoms with Crippen molar-refractivity contribution >= 4 is 12.3 Å². The molecule has 0 aliphatic carbocycles. The minimum Gasteiger partial charge on any atom is -0.465 e. The Bertz CT molecular complexity index is 340. The van der Waals surface area contributed by atoms with Gasteiger partial charge in [0.25, 0.3) is 0 Å². The maximum absolute atomic E-state index is 11.1. The van der Waals surface area contributed by atoms with Crippen LogP contribution >= 0.6 is 0 Å². The molecule has 1 aromatic carbocycles. The zero-order valence-corrected chi connectivity index (χ0v) is 8.90. The molecule has 0 aromatic heterocycles. The molecule has 0 bridgehead atoms. The lowest BCUT2D eigenvalue weighted by Gasteiger charge is -2.08. The third-order valence-corrected chi connectivity index (χ3v) is 2.35. The smallest absolute Gasteiger partial charge is 0.337 e. The van der Waals surface area contributed by atoms with E-state index in [2.05, 4.69) is 4.74 Å². The number of esters is 1. The zero-order valence-electron chi connectivity index (χ0n) is 8.90. The minimum absolute atomic E-state index is 0.189. The van der Waals surface area contributed by atoms with Crippen LogP contribution in [0.1, 0.15) is 35.2 Å². The number of rotatable bonds is 4. The highest BCUT2D eigenvalue weighted by Gasteiger charge is 2.07. The van der Waals surface area contributed by atoms with Crippen LogP contribution in [0.4, 0.5) is 0 Å². The quantitative estimate of drug-likeness (QED) is 0.560. The van der Waals surface area contributed by atoms with E-state index in [4.69, 9.17) is 0 Å². The van der Waals surface area contributed by atoms with E-state index in [0.717, 1.165) is 11.8 Å². The number of ether oxygens (including phenoxy) is 1. The predicted molar refractivity (Wildman–Crippen MR) is 56.9 cm³/mol. The van der Waals surface area contributed by atoms with Crippen molar-refractivity contribution in [3.8, 4) is 0 Å². The molecule has 15 heavy (non-hydrogen) atoms.